The lowest BCUT2D eigenvalue weighted by molar-refractivity contribution is 0.0134. The highest BCUT2D eigenvalue weighted by Gasteiger charge is 2.18. The van der Waals surface area contributed by atoms with Crippen molar-refractivity contribution in [2.24, 2.45) is 11.8 Å². The highest BCUT2D eigenvalue weighted by Crippen LogP contribution is 2.14. The third-order valence-corrected chi connectivity index (χ3v) is 2.99. The zero-order chi connectivity index (χ0) is 12.7. The van der Waals surface area contributed by atoms with E-state index in [0.29, 0.717) is 13.2 Å². The molecule has 0 amide bonds. The predicted molar refractivity (Wildman–Crippen MR) is 70.6 cm³/mol. The molecule has 0 aliphatic heterocycles. The lowest BCUT2D eigenvalue weighted by atomic mass is 9.94. The van der Waals surface area contributed by atoms with Crippen molar-refractivity contribution in [3.05, 3.63) is 48.6 Å². The highest BCUT2D eigenvalue weighted by molar-refractivity contribution is 5.13. The molecule has 17 heavy (non-hydrogen) atoms. The molecule has 0 aromatic heterocycles. The normalized spacial score (nSPS) is 16.2. The average molecular weight is 234 g/mol. The van der Waals surface area contributed by atoms with E-state index in [-0.39, 0.29) is 17.9 Å². The van der Waals surface area contributed by atoms with Crippen molar-refractivity contribution in [1.82, 2.24) is 0 Å². The summed E-state index contributed by atoms with van der Waals surface area (Å²) in [5, 5.41) is 9.93. The van der Waals surface area contributed by atoms with E-state index in [1.165, 1.54) is 0 Å². The van der Waals surface area contributed by atoms with Crippen LogP contribution in [-0.4, -0.2) is 17.8 Å². The van der Waals surface area contributed by atoms with E-state index in [1.807, 2.05) is 44.2 Å². The zero-order valence-electron chi connectivity index (χ0n) is 10.7. The largest absolute Gasteiger partial charge is 0.392 e. The lowest BCUT2D eigenvalue weighted by Crippen LogP contribution is -2.27. The molecule has 94 valence electrons. The summed E-state index contributed by atoms with van der Waals surface area (Å²) >= 11 is 0. The van der Waals surface area contributed by atoms with E-state index in [2.05, 4.69) is 6.58 Å². The number of hydrogen-bond acceptors (Lipinski definition) is 2. The van der Waals surface area contributed by atoms with Crippen LogP contribution >= 0.6 is 0 Å². The molecule has 0 bridgehead atoms. The molecule has 1 rings (SSSR count). The summed E-state index contributed by atoms with van der Waals surface area (Å²) in [5.41, 5.74) is 1.16. The Morgan fingerprint density at radius 3 is 2.53 bits per heavy atom. The van der Waals surface area contributed by atoms with Gasteiger partial charge in [0, 0.05) is 11.8 Å². The van der Waals surface area contributed by atoms with E-state index in [9.17, 15) is 5.11 Å². The topological polar surface area (TPSA) is 29.5 Å². The number of aliphatic hydroxyl groups excluding tert-OH is 1. The van der Waals surface area contributed by atoms with Gasteiger partial charge in [0.1, 0.15) is 0 Å². The summed E-state index contributed by atoms with van der Waals surface area (Å²) in [5.74, 6) is 0.219. The van der Waals surface area contributed by atoms with Crippen LogP contribution in [0.4, 0.5) is 0 Å². The Kier molecular flexibility index (Phi) is 5.95. The van der Waals surface area contributed by atoms with E-state index < -0.39 is 0 Å². The highest BCUT2D eigenvalue weighted by atomic mass is 16.5. The van der Waals surface area contributed by atoms with Gasteiger partial charge in [0.25, 0.3) is 0 Å². The minimum absolute atomic E-state index is 0.102. The molecule has 1 aromatic rings. The maximum Gasteiger partial charge on any atom is 0.0717 e. The second kappa shape index (κ2) is 7.25. The molecular weight excluding hydrogens is 212 g/mol. The van der Waals surface area contributed by atoms with Gasteiger partial charge in [-0.25, -0.2) is 0 Å². The van der Waals surface area contributed by atoms with Crippen molar-refractivity contribution < 1.29 is 9.84 Å². The minimum atomic E-state index is -0.386. The standard InChI is InChI=1S/C15H22O2/c1-4-12(2)15(16)13(3)10-17-11-14-8-6-5-7-9-14/h4-9,12-13,15-16H,1,10-11H2,2-3H3/t12-,13+,15-/m0/s1. The maximum absolute atomic E-state index is 9.93. The molecule has 2 heteroatoms. The third-order valence-electron chi connectivity index (χ3n) is 2.99. The summed E-state index contributed by atoms with van der Waals surface area (Å²) in [6, 6.07) is 10.1. The first-order valence-corrected chi connectivity index (χ1v) is 6.07. The molecule has 3 atom stereocenters. The summed E-state index contributed by atoms with van der Waals surface area (Å²) in [6.45, 7) is 8.81. The van der Waals surface area contributed by atoms with Gasteiger partial charge in [0.15, 0.2) is 0 Å². The number of rotatable bonds is 7. The first-order chi connectivity index (χ1) is 8.15. The van der Waals surface area contributed by atoms with Gasteiger partial charge in [0.05, 0.1) is 19.3 Å². The number of benzene rings is 1. The van der Waals surface area contributed by atoms with Crippen molar-refractivity contribution in [2.45, 2.75) is 26.6 Å². The van der Waals surface area contributed by atoms with Crippen LogP contribution in [0.15, 0.2) is 43.0 Å². The molecule has 0 aliphatic rings. The fourth-order valence-corrected chi connectivity index (χ4v) is 1.69. The van der Waals surface area contributed by atoms with Gasteiger partial charge in [-0.2, -0.15) is 0 Å². The van der Waals surface area contributed by atoms with Crippen LogP contribution in [0.3, 0.4) is 0 Å². The van der Waals surface area contributed by atoms with Crippen LogP contribution in [0.1, 0.15) is 19.4 Å². The van der Waals surface area contributed by atoms with Crippen molar-refractivity contribution in [3.8, 4) is 0 Å². The molecule has 0 saturated carbocycles. The Labute approximate surface area is 104 Å². The van der Waals surface area contributed by atoms with E-state index in [4.69, 9.17) is 4.74 Å². The van der Waals surface area contributed by atoms with Gasteiger partial charge in [-0.15, -0.1) is 6.58 Å². The third kappa shape index (κ3) is 4.72. The summed E-state index contributed by atoms with van der Waals surface area (Å²) in [4.78, 5) is 0. The first-order valence-electron chi connectivity index (χ1n) is 6.07. The smallest absolute Gasteiger partial charge is 0.0717 e. The molecule has 0 saturated heterocycles. The van der Waals surface area contributed by atoms with Crippen LogP contribution < -0.4 is 0 Å². The summed E-state index contributed by atoms with van der Waals surface area (Å²) in [6.07, 6.45) is 1.39. The Bertz CT molecular complexity index is 321. The predicted octanol–water partition coefficient (Wildman–Crippen LogP) is 3.02. The number of aliphatic hydroxyl groups is 1. The Hall–Kier alpha value is -1.12. The van der Waals surface area contributed by atoms with Crippen LogP contribution in [0.2, 0.25) is 0 Å². The van der Waals surface area contributed by atoms with Gasteiger partial charge >= 0.3 is 0 Å². The van der Waals surface area contributed by atoms with Gasteiger partial charge < -0.3 is 9.84 Å². The molecule has 0 unspecified atom stereocenters. The molecule has 1 N–H and O–H groups in total. The van der Waals surface area contributed by atoms with Crippen molar-refractivity contribution >= 4 is 0 Å². The Balaban J connectivity index is 2.29. The number of hydrogen-bond donors (Lipinski definition) is 1. The molecule has 1 aromatic carbocycles. The maximum atomic E-state index is 9.93. The van der Waals surface area contributed by atoms with Gasteiger partial charge in [0.2, 0.25) is 0 Å². The van der Waals surface area contributed by atoms with Crippen molar-refractivity contribution in [2.75, 3.05) is 6.61 Å². The minimum Gasteiger partial charge on any atom is -0.392 e. The van der Waals surface area contributed by atoms with Crippen LogP contribution in [0.5, 0.6) is 0 Å². The van der Waals surface area contributed by atoms with Crippen molar-refractivity contribution in [1.29, 1.82) is 0 Å². The van der Waals surface area contributed by atoms with Crippen LogP contribution in [0.25, 0.3) is 0 Å². The average Bonchev–Trinajstić information content (AvgIpc) is 2.38. The second-order valence-corrected chi connectivity index (χ2v) is 4.56. The molecule has 0 spiro atoms. The van der Waals surface area contributed by atoms with E-state index in [1.54, 1.807) is 6.08 Å². The monoisotopic (exact) mass is 234 g/mol. The van der Waals surface area contributed by atoms with Crippen LogP contribution in [0, 0.1) is 11.8 Å². The molecular formula is C15H22O2. The van der Waals surface area contributed by atoms with Crippen LogP contribution in [-0.2, 0) is 11.3 Å². The zero-order valence-corrected chi connectivity index (χ0v) is 10.7. The van der Waals surface area contributed by atoms with Crippen molar-refractivity contribution in [3.63, 3.8) is 0 Å². The Morgan fingerprint density at radius 2 is 1.94 bits per heavy atom. The molecule has 0 fully saturated rings. The lowest BCUT2D eigenvalue weighted by Gasteiger charge is -2.22. The van der Waals surface area contributed by atoms with Gasteiger partial charge in [-0.3, -0.25) is 0 Å². The fourth-order valence-electron chi connectivity index (χ4n) is 1.69. The summed E-state index contributed by atoms with van der Waals surface area (Å²) < 4.78 is 5.60. The SMILES string of the molecule is C=C[C@H](C)[C@H](O)[C@H](C)COCc1ccccc1. The van der Waals surface area contributed by atoms with Gasteiger partial charge in [-0.1, -0.05) is 50.3 Å². The second-order valence-electron chi connectivity index (χ2n) is 4.56. The molecule has 0 aliphatic carbocycles. The van der Waals surface area contributed by atoms with E-state index in [0.717, 1.165) is 5.56 Å². The molecule has 0 radical (unpaired) electrons. The first kappa shape index (κ1) is 13.9. The van der Waals surface area contributed by atoms with Gasteiger partial charge in [-0.05, 0) is 5.56 Å². The molecule has 2 nitrogen and oxygen atoms in total. The Morgan fingerprint density at radius 1 is 1.29 bits per heavy atom. The molecule has 0 heterocycles. The van der Waals surface area contributed by atoms with E-state index >= 15 is 0 Å². The summed E-state index contributed by atoms with van der Waals surface area (Å²) in [7, 11) is 0. The fraction of sp³-hybridized carbons (Fsp3) is 0.467. The quantitative estimate of drug-likeness (QED) is 0.735. The number of ether oxygens (including phenoxy) is 1.